The standard InChI is InChI=1S/C19H23BrN6O.C18H20BrN5O/c1-24(2)11-16-12-25(9-10-27-16)15-5-3-14(4-6-15)22-18-19-21-7-8-26(19)13-17(20)23-18;1-2-15-11-23(9-10-25-15)14-5-3-13(4-6-14)21-17-18-20-7-8-24(18)12-16(19)22-17/h3-8,13,16H,9-12H2,1-2H3,(H,22,23);3-8,12,15H,2,9-11H2,1H3,(H,21,22)/t16-;15-/m11/s1. The van der Waals surface area contributed by atoms with Gasteiger partial charge in [0.05, 0.1) is 25.4 Å². The van der Waals surface area contributed by atoms with Crippen molar-refractivity contribution in [2.75, 3.05) is 80.5 Å². The van der Waals surface area contributed by atoms with E-state index in [1.54, 1.807) is 12.4 Å². The number of fused-ring (bicyclic) bond motifs is 2. The van der Waals surface area contributed by atoms with Crippen molar-refractivity contribution in [3.63, 3.8) is 0 Å². The van der Waals surface area contributed by atoms with E-state index < -0.39 is 0 Å². The number of halogens is 2. The number of rotatable bonds is 9. The predicted octanol–water partition coefficient (Wildman–Crippen LogP) is 6.85. The van der Waals surface area contributed by atoms with Crippen molar-refractivity contribution < 1.29 is 9.47 Å². The molecule has 2 saturated heterocycles. The molecule has 2 atom stereocenters. The first-order valence-electron chi connectivity index (χ1n) is 17.4. The number of likely N-dealkylation sites (N-methyl/N-ethyl adjacent to an activating group) is 1. The Labute approximate surface area is 320 Å². The van der Waals surface area contributed by atoms with Gasteiger partial charge >= 0.3 is 0 Å². The summed E-state index contributed by atoms with van der Waals surface area (Å²) in [6.45, 7) is 8.37. The Morgan fingerprint density at radius 1 is 0.712 bits per heavy atom. The summed E-state index contributed by atoms with van der Waals surface area (Å²) >= 11 is 6.89. The fourth-order valence-corrected chi connectivity index (χ4v) is 7.22. The summed E-state index contributed by atoms with van der Waals surface area (Å²) in [5.74, 6) is 1.45. The van der Waals surface area contributed by atoms with Gasteiger partial charge in [0.25, 0.3) is 0 Å². The summed E-state index contributed by atoms with van der Waals surface area (Å²) in [5, 5.41) is 6.72. The molecule has 2 N–H and O–H groups in total. The number of hydrogen-bond donors (Lipinski definition) is 2. The quantitative estimate of drug-likeness (QED) is 0.160. The molecule has 2 fully saturated rings. The highest BCUT2D eigenvalue weighted by Gasteiger charge is 2.22. The summed E-state index contributed by atoms with van der Waals surface area (Å²) in [7, 11) is 4.16. The van der Waals surface area contributed by atoms with Crippen LogP contribution >= 0.6 is 31.9 Å². The predicted molar refractivity (Wildman–Crippen MR) is 214 cm³/mol. The van der Waals surface area contributed by atoms with E-state index in [4.69, 9.17) is 9.47 Å². The third kappa shape index (κ3) is 8.84. The molecule has 0 unspecified atom stereocenters. The zero-order valence-corrected chi connectivity index (χ0v) is 32.7. The Bertz CT molecular complexity index is 2070. The molecule has 0 aliphatic carbocycles. The van der Waals surface area contributed by atoms with E-state index in [-0.39, 0.29) is 6.10 Å². The molecule has 2 aromatic carbocycles. The summed E-state index contributed by atoms with van der Waals surface area (Å²) < 4.78 is 17.0. The number of ether oxygens (including phenoxy) is 2. The molecule has 8 rings (SSSR count). The van der Waals surface area contributed by atoms with Gasteiger partial charge in [0.15, 0.2) is 22.9 Å². The van der Waals surface area contributed by atoms with Crippen LogP contribution in [-0.2, 0) is 9.47 Å². The second-order valence-electron chi connectivity index (χ2n) is 13.0. The SMILES string of the molecule is CC[C@@H]1CN(c2ccc(Nc3nc(Br)cn4ccnc34)cc2)CCO1.CN(C)C[C@@H]1CN(c2ccc(Nc3nc(Br)cn4ccnc34)cc2)CCO1. The molecule has 0 radical (unpaired) electrons. The van der Waals surface area contributed by atoms with Crippen LogP contribution in [0.1, 0.15) is 13.3 Å². The van der Waals surface area contributed by atoms with Crippen LogP contribution in [0, 0.1) is 0 Å². The molecule has 15 heteroatoms. The van der Waals surface area contributed by atoms with Gasteiger partial charge in [-0.2, -0.15) is 0 Å². The number of morpholine rings is 2. The molecule has 0 saturated carbocycles. The van der Waals surface area contributed by atoms with Crippen molar-refractivity contribution in [2.24, 2.45) is 0 Å². The Morgan fingerprint density at radius 2 is 1.17 bits per heavy atom. The topological polar surface area (TPSA) is 113 Å². The van der Waals surface area contributed by atoms with Crippen molar-refractivity contribution in [3.8, 4) is 0 Å². The average Bonchev–Trinajstić information content (AvgIpc) is 3.83. The maximum absolute atomic E-state index is 5.87. The zero-order chi connectivity index (χ0) is 36.0. The van der Waals surface area contributed by atoms with Crippen LogP contribution in [0.5, 0.6) is 0 Å². The molecule has 272 valence electrons. The van der Waals surface area contributed by atoms with Crippen LogP contribution in [0.4, 0.5) is 34.4 Å². The monoisotopic (exact) mass is 831 g/mol. The Kier molecular flexibility index (Phi) is 11.5. The van der Waals surface area contributed by atoms with E-state index in [1.807, 2.05) is 33.6 Å². The molecule has 6 heterocycles. The average molecular weight is 834 g/mol. The van der Waals surface area contributed by atoms with Crippen LogP contribution in [0.2, 0.25) is 0 Å². The van der Waals surface area contributed by atoms with Crippen LogP contribution in [0.25, 0.3) is 11.3 Å². The number of imidazole rings is 2. The van der Waals surface area contributed by atoms with Crippen molar-refractivity contribution in [3.05, 3.63) is 94.9 Å². The van der Waals surface area contributed by atoms with Gasteiger partial charge in [0.1, 0.15) is 9.21 Å². The van der Waals surface area contributed by atoms with Crippen LogP contribution in [-0.4, -0.2) is 106 Å². The molecule has 2 aliphatic heterocycles. The minimum atomic E-state index is 0.242. The Hall–Kier alpha value is -4.28. The number of anilines is 6. The number of nitrogens with zero attached hydrogens (tertiary/aromatic N) is 9. The lowest BCUT2D eigenvalue weighted by atomic mass is 10.2. The summed E-state index contributed by atoms with van der Waals surface area (Å²) in [4.78, 5) is 24.7. The van der Waals surface area contributed by atoms with Gasteiger partial charge in [-0.05, 0) is 101 Å². The second kappa shape index (κ2) is 16.6. The molecule has 52 heavy (non-hydrogen) atoms. The minimum Gasteiger partial charge on any atom is -0.375 e. The first-order chi connectivity index (χ1) is 25.3. The van der Waals surface area contributed by atoms with E-state index in [0.717, 1.165) is 95.9 Å². The highest BCUT2D eigenvalue weighted by Crippen LogP contribution is 2.27. The highest BCUT2D eigenvalue weighted by atomic mass is 79.9. The maximum atomic E-state index is 5.87. The third-order valence-electron chi connectivity index (χ3n) is 8.98. The molecule has 4 aromatic heterocycles. The van der Waals surface area contributed by atoms with Gasteiger partial charge in [0, 0.05) is 92.7 Å². The summed E-state index contributed by atoms with van der Waals surface area (Å²) in [6.07, 6.45) is 12.7. The van der Waals surface area contributed by atoms with Gasteiger partial charge in [-0.1, -0.05) is 6.92 Å². The molecular weight excluding hydrogens is 790 g/mol. The lowest BCUT2D eigenvalue weighted by molar-refractivity contribution is 0.0248. The van der Waals surface area contributed by atoms with Crippen molar-refractivity contribution >= 4 is 77.5 Å². The Morgan fingerprint density at radius 3 is 1.63 bits per heavy atom. The summed E-state index contributed by atoms with van der Waals surface area (Å²) in [6, 6.07) is 16.9. The van der Waals surface area contributed by atoms with Crippen molar-refractivity contribution in [2.45, 2.75) is 25.6 Å². The number of benzene rings is 2. The van der Waals surface area contributed by atoms with Crippen LogP contribution < -0.4 is 20.4 Å². The third-order valence-corrected chi connectivity index (χ3v) is 9.75. The normalized spacial score (nSPS) is 17.7. The number of nitrogens with one attached hydrogen (secondary N) is 2. The van der Waals surface area contributed by atoms with Gasteiger partial charge in [-0.25, -0.2) is 19.9 Å². The lowest BCUT2D eigenvalue weighted by Gasteiger charge is -2.35. The zero-order valence-electron chi connectivity index (χ0n) is 29.5. The first kappa shape index (κ1) is 36.1. The van der Waals surface area contributed by atoms with E-state index >= 15 is 0 Å². The van der Waals surface area contributed by atoms with Crippen molar-refractivity contribution in [1.29, 1.82) is 0 Å². The number of aromatic nitrogens is 6. The van der Waals surface area contributed by atoms with E-state index in [0.29, 0.717) is 6.10 Å². The smallest absolute Gasteiger partial charge is 0.180 e. The van der Waals surface area contributed by atoms with Crippen molar-refractivity contribution in [1.82, 2.24) is 33.6 Å². The van der Waals surface area contributed by atoms with E-state index in [1.165, 1.54) is 11.4 Å². The largest absolute Gasteiger partial charge is 0.375 e. The van der Waals surface area contributed by atoms with Gasteiger partial charge in [-0.3, -0.25) is 0 Å². The van der Waals surface area contributed by atoms with Gasteiger partial charge in [0.2, 0.25) is 0 Å². The Balaban J connectivity index is 0.000000162. The number of hydrogen-bond acceptors (Lipinski definition) is 11. The minimum absolute atomic E-state index is 0.242. The maximum Gasteiger partial charge on any atom is 0.180 e. The molecule has 0 amide bonds. The first-order valence-corrected chi connectivity index (χ1v) is 19.0. The molecule has 0 spiro atoms. The van der Waals surface area contributed by atoms with E-state index in [2.05, 4.69) is 147 Å². The second-order valence-corrected chi connectivity index (χ2v) is 14.7. The molecular formula is C37H43Br2N11O2. The van der Waals surface area contributed by atoms with Crippen LogP contribution in [0.3, 0.4) is 0 Å². The molecule has 6 aromatic rings. The van der Waals surface area contributed by atoms with Gasteiger partial charge in [-0.15, -0.1) is 0 Å². The highest BCUT2D eigenvalue weighted by molar-refractivity contribution is 9.10. The fraction of sp³-hybridized carbons (Fsp3) is 0.351. The molecule has 13 nitrogen and oxygen atoms in total. The summed E-state index contributed by atoms with van der Waals surface area (Å²) in [5.41, 5.74) is 5.99. The lowest BCUT2D eigenvalue weighted by Crippen LogP contribution is -2.46. The van der Waals surface area contributed by atoms with E-state index in [9.17, 15) is 0 Å². The van der Waals surface area contributed by atoms with Crippen LogP contribution in [0.15, 0.2) is 94.9 Å². The van der Waals surface area contributed by atoms with Gasteiger partial charge < -0.3 is 43.6 Å². The molecule has 2 aliphatic rings. The fourth-order valence-electron chi connectivity index (χ4n) is 6.43. The molecule has 0 bridgehead atoms.